The maximum Gasteiger partial charge on any atom is 0.326 e. The number of carboxylic acid groups (broad SMARTS) is 1. The summed E-state index contributed by atoms with van der Waals surface area (Å²) in [6.07, 6.45) is 0. The lowest BCUT2D eigenvalue weighted by Crippen LogP contribution is -2.49. The molecule has 0 heterocycles. The fourth-order valence-electron chi connectivity index (χ4n) is 1.59. The summed E-state index contributed by atoms with van der Waals surface area (Å²) < 4.78 is 13.2. The number of hydrogen-bond donors (Lipinski definition) is 3. The van der Waals surface area contributed by atoms with E-state index >= 15 is 0 Å². The molecular weight excluding hydrogens is 251 g/mol. The number of nitrogens with two attached hydrogens (primary N) is 1. The zero-order chi connectivity index (χ0) is 14.8. The summed E-state index contributed by atoms with van der Waals surface area (Å²) >= 11 is 0. The molecule has 1 amide bonds. The van der Waals surface area contributed by atoms with E-state index in [1.165, 1.54) is 12.1 Å². The van der Waals surface area contributed by atoms with E-state index in [1.54, 1.807) is 20.8 Å². The molecule has 19 heavy (non-hydrogen) atoms. The molecule has 5 nitrogen and oxygen atoms in total. The molecule has 0 saturated carbocycles. The van der Waals surface area contributed by atoms with Gasteiger partial charge in [0.05, 0.1) is 11.3 Å². The molecule has 0 saturated heterocycles. The molecule has 0 fully saturated rings. The van der Waals surface area contributed by atoms with Crippen LogP contribution in [0.2, 0.25) is 0 Å². The van der Waals surface area contributed by atoms with Crippen molar-refractivity contribution in [3.8, 4) is 0 Å². The van der Waals surface area contributed by atoms with Crippen LogP contribution < -0.4 is 11.1 Å². The van der Waals surface area contributed by atoms with E-state index in [9.17, 15) is 14.0 Å². The first-order valence-corrected chi connectivity index (χ1v) is 5.72. The Balaban J connectivity index is 3.02. The van der Waals surface area contributed by atoms with E-state index in [1.807, 2.05) is 0 Å². The molecule has 1 aromatic rings. The van der Waals surface area contributed by atoms with Crippen LogP contribution in [0.3, 0.4) is 0 Å². The number of carbonyl (C=O) groups excluding carboxylic acids is 1. The van der Waals surface area contributed by atoms with E-state index in [-0.39, 0.29) is 11.3 Å². The summed E-state index contributed by atoms with van der Waals surface area (Å²) in [4.78, 5) is 23.1. The number of amides is 1. The van der Waals surface area contributed by atoms with Gasteiger partial charge in [-0.15, -0.1) is 0 Å². The van der Waals surface area contributed by atoms with Gasteiger partial charge in [0.1, 0.15) is 11.9 Å². The van der Waals surface area contributed by atoms with Crippen molar-refractivity contribution >= 4 is 17.6 Å². The number of rotatable bonds is 3. The molecular formula is C13H17FN2O3. The van der Waals surface area contributed by atoms with Gasteiger partial charge in [0.15, 0.2) is 0 Å². The first kappa shape index (κ1) is 14.9. The molecule has 104 valence electrons. The van der Waals surface area contributed by atoms with Crippen molar-refractivity contribution in [3.05, 3.63) is 29.6 Å². The van der Waals surface area contributed by atoms with Gasteiger partial charge in [-0.25, -0.2) is 9.18 Å². The van der Waals surface area contributed by atoms with Crippen molar-refractivity contribution in [3.63, 3.8) is 0 Å². The zero-order valence-corrected chi connectivity index (χ0v) is 11.0. The van der Waals surface area contributed by atoms with Crippen molar-refractivity contribution in [1.29, 1.82) is 0 Å². The largest absolute Gasteiger partial charge is 0.480 e. The lowest BCUT2D eigenvalue weighted by Gasteiger charge is -2.27. The van der Waals surface area contributed by atoms with Gasteiger partial charge < -0.3 is 16.2 Å². The van der Waals surface area contributed by atoms with E-state index in [4.69, 9.17) is 10.8 Å². The molecule has 1 rings (SSSR count). The Kier molecular flexibility index (Phi) is 4.14. The third-order valence-corrected chi connectivity index (χ3v) is 2.69. The minimum absolute atomic E-state index is 0.0736. The van der Waals surface area contributed by atoms with Crippen LogP contribution in [0.25, 0.3) is 0 Å². The fraction of sp³-hybridized carbons (Fsp3) is 0.385. The summed E-state index contributed by atoms with van der Waals surface area (Å²) in [5.74, 6) is -2.58. The molecule has 0 aromatic heterocycles. The second kappa shape index (κ2) is 5.26. The van der Waals surface area contributed by atoms with Gasteiger partial charge in [-0.2, -0.15) is 0 Å². The number of anilines is 1. The second-order valence-electron chi connectivity index (χ2n) is 5.31. The highest BCUT2D eigenvalue weighted by Crippen LogP contribution is 2.21. The van der Waals surface area contributed by atoms with Gasteiger partial charge in [0, 0.05) is 0 Å². The van der Waals surface area contributed by atoms with E-state index in [2.05, 4.69) is 5.32 Å². The van der Waals surface area contributed by atoms with Crippen molar-refractivity contribution in [2.24, 2.45) is 5.41 Å². The fourth-order valence-corrected chi connectivity index (χ4v) is 1.59. The first-order chi connectivity index (χ1) is 8.64. The third kappa shape index (κ3) is 3.43. The van der Waals surface area contributed by atoms with Crippen LogP contribution in [0.15, 0.2) is 18.2 Å². The van der Waals surface area contributed by atoms with Crippen LogP contribution in [-0.4, -0.2) is 23.0 Å². The van der Waals surface area contributed by atoms with Crippen LogP contribution in [0, 0.1) is 11.2 Å². The number of aliphatic carboxylic acids is 1. The number of carboxylic acids is 1. The molecule has 0 unspecified atom stereocenters. The highest BCUT2D eigenvalue weighted by molar-refractivity contribution is 6.01. The van der Waals surface area contributed by atoms with E-state index in [0.29, 0.717) is 0 Å². The SMILES string of the molecule is CC(C)(C)[C@H](NC(=O)c1cccc(F)c1N)C(=O)O. The van der Waals surface area contributed by atoms with Gasteiger partial charge in [-0.05, 0) is 17.5 Å². The molecule has 0 radical (unpaired) electrons. The number of nitrogens with one attached hydrogen (secondary N) is 1. The summed E-state index contributed by atoms with van der Waals surface area (Å²) in [6.45, 7) is 5.04. The van der Waals surface area contributed by atoms with Crippen molar-refractivity contribution in [1.82, 2.24) is 5.32 Å². The quantitative estimate of drug-likeness (QED) is 0.726. The van der Waals surface area contributed by atoms with E-state index < -0.39 is 29.2 Å². The van der Waals surface area contributed by atoms with E-state index in [0.717, 1.165) is 6.07 Å². The average Bonchev–Trinajstić information content (AvgIpc) is 2.27. The number of para-hydroxylation sites is 1. The van der Waals surface area contributed by atoms with Gasteiger partial charge >= 0.3 is 5.97 Å². The lowest BCUT2D eigenvalue weighted by atomic mass is 9.86. The van der Waals surface area contributed by atoms with Crippen LogP contribution in [-0.2, 0) is 4.79 Å². The van der Waals surface area contributed by atoms with Gasteiger partial charge in [0.2, 0.25) is 0 Å². The summed E-state index contributed by atoms with van der Waals surface area (Å²) in [5.41, 5.74) is 4.42. The number of carbonyl (C=O) groups is 2. The maximum absolute atomic E-state index is 13.2. The monoisotopic (exact) mass is 268 g/mol. The topological polar surface area (TPSA) is 92.4 Å². The molecule has 6 heteroatoms. The summed E-state index contributed by atoms with van der Waals surface area (Å²) in [6, 6.07) is 2.72. The normalized spacial score (nSPS) is 12.8. The third-order valence-electron chi connectivity index (χ3n) is 2.69. The molecule has 0 aliphatic carbocycles. The smallest absolute Gasteiger partial charge is 0.326 e. The second-order valence-corrected chi connectivity index (χ2v) is 5.31. The first-order valence-electron chi connectivity index (χ1n) is 5.72. The number of nitrogen functional groups attached to an aromatic ring is 1. The van der Waals surface area contributed by atoms with Crippen LogP contribution in [0.1, 0.15) is 31.1 Å². The number of hydrogen-bond acceptors (Lipinski definition) is 3. The van der Waals surface area contributed by atoms with Crippen molar-refractivity contribution in [2.45, 2.75) is 26.8 Å². The molecule has 1 aromatic carbocycles. The maximum atomic E-state index is 13.2. The molecule has 0 aliphatic heterocycles. The molecule has 0 bridgehead atoms. The molecule has 0 spiro atoms. The van der Waals surface area contributed by atoms with Gasteiger partial charge in [-0.3, -0.25) is 4.79 Å². The van der Waals surface area contributed by atoms with Gasteiger partial charge in [-0.1, -0.05) is 26.8 Å². The Labute approximate surface area is 110 Å². The summed E-state index contributed by atoms with van der Waals surface area (Å²) in [7, 11) is 0. The predicted molar refractivity (Wildman–Crippen MR) is 69.2 cm³/mol. The standard InChI is InChI=1S/C13H17FN2O3/c1-13(2,3)10(12(18)19)16-11(17)7-5-4-6-8(14)9(7)15/h4-6,10H,15H2,1-3H3,(H,16,17)(H,18,19)/t10-/m1/s1. The van der Waals surface area contributed by atoms with Crippen LogP contribution >= 0.6 is 0 Å². The minimum Gasteiger partial charge on any atom is -0.480 e. The average molecular weight is 268 g/mol. The number of benzene rings is 1. The van der Waals surface area contributed by atoms with Crippen LogP contribution in [0.5, 0.6) is 0 Å². The Morgan fingerprint density at radius 1 is 1.37 bits per heavy atom. The Morgan fingerprint density at radius 3 is 2.42 bits per heavy atom. The van der Waals surface area contributed by atoms with Crippen LogP contribution in [0.4, 0.5) is 10.1 Å². The highest BCUT2D eigenvalue weighted by Gasteiger charge is 2.33. The molecule has 4 N–H and O–H groups in total. The Bertz CT molecular complexity index is 509. The van der Waals surface area contributed by atoms with Crippen molar-refractivity contribution in [2.75, 3.05) is 5.73 Å². The predicted octanol–water partition coefficient (Wildman–Crippen LogP) is 1.64. The Hall–Kier alpha value is -2.11. The minimum atomic E-state index is -1.16. The van der Waals surface area contributed by atoms with Crippen molar-refractivity contribution < 1.29 is 19.1 Å². The lowest BCUT2D eigenvalue weighted by molar-refractivity contribution is -0.142. The Morgan fingerprint density at radius 2 is 1.95 bits per heavy atom. The highest BCUT2D eigenvalue weighted by atomic mass is 19.1. The zero-order valence-electron chi connectivity index (χ0n) is 11.0. The molecule has 1 atom stereocenters. The van der Waals surface area contributed by atoms with Gasteiger partial charge in [0.25, 0.3) is 5.91 Å². The summed E-state index contributed by atoms with van der Waals surface area (Å²) in [5, 5.41) is 11.5. The number of halogens is 1. The molecule has 0 aliphatic rings.